The Hall–Kier alpha value is -1.92. The van der Waals surface area contributed by atoms with Crippen LogP contribution in [-0.4, -0.2) is 10.9 Å². The minimum Gasteiger partial charge on any atom is -0.337 e. The number of benzene rings is 1. The van der Waals surface area contributed by atoms with Crippen molar-refractivity contribution >= 4 is 50.7 Å². The number of rotatable bonds is 4. The monoisotopic (exact) mass is 424 g/mol. The average molecular weight is 424 g/mol. The van der Waals surface area contributed by atoms with Crippen LogP contribution in [-0.2, 0) is 4.79 Å². The quantitative estimate of drug-likeness (QED) is 0.445. The van der Waals surface area contributed by atoms with Crippen molar-refractivity contribution in [1.82, 2.24) is 4.98 Å². The first kappa shape index (κ1) is 16.5. The molecule has 5 nitrogen and oxygen atoms in total. The van der Waals surface area contributed by atoms with Gasteiger partial charge in [0.05, 0.1) is 5.69 Å². The molecule has 1 amide bonds. The third-order valence-corrected chi connectivity index (χ3v) is 4.32. The van der Waals surface area contributed by atoms with Gasteiger partial charge in [-0.3, -0.25) is 4.79 Å². The maximum absolute atomic E-state index is 12.1. The molecular formula is C15H13IN4OS. The number of carbonyl (C=O) groups is 1. The first-order chi connectivity index (χ1) is 10.5. The molecule has 2 aromatic rings. The van der Waals surface area contributed by atoms with Gasteiger partial charge in [-0.2, -0.15) is 5.26 Å². The van der Waals surface area contributed by atoms with E-state index in [1.54, 1.807) is 0 Å². The molecule has 22 heavy (non-hydrogen) atoms. The molecule has 0 atom stereocenters. The van der Waals surface area contributed by atoms with Crippen LogP contribution < -0.4 is 10.6 Å². The molecule has 1 aromatic heterocycles. The highest BCUT2D eigenvalue weighted by Crippen LogP contribution is 2.19. The third-order valence-electron chi connectivity index (χ3n) is 2.76. The van der Waals surface area contributed by atoms with Gasteiger partial charge < -0.3 is 10.6 Å². The van der Waals surface area contributed by atoms with Crippen LogP contribution in [0.4, 0.5) is 10.8 Å². The SMILES string of the molecule is Cc1csc(N/C=C(/C#N)C(=O)Nc2ccc(I)cc2C)n1. The number of amides is 1. The number of halogens is 1. The number of aryl methyl sites for hydroxylation is 2. The van der Waals surface area contributed by atoms with Crippen molar-refractivity contribution in [2.45, 2.75) is 13.8 Å². The van der Waals surface area contributed by atoms with Gasteiger partial charge in [0.15, 0.2) is 5.13 Å². The van der Waals surface area contributed by atoms with Crippen molar-refractivity contribution in [2.75, 3.05) is 10.6 Å². The second-order valence-electron chi connectivity index (χ2n) is 4.52. The lowest BCUT2D eigenvalue weighted by molar-refractivity contribution is -0.112. The summed E-state index contributed by atoms with van der Waals surface area (Å²) >= 11 is 3.62. The first-order valence-corrected chi connectivity index (χ1v) is 8.32. The van der Waals surface area contributed by atoms with Gasteiger partial charge in [0.2, 0.25) is 0 Å². The van der Waals surface area contributed by atoms with E-state index in [4.69, 9.17) is 5.26 Å². The Morgan fingerprint density at radius 3 is 2.82 bits per heavy atom. The lowest BCUT2D eigenvalue weighted by atomic mass is 10.2. The van der Waals surface area contributed by atoms with Crippen LogP contribution in [0.15, 0.2) is 35.4 Å². The number of carbonyl (C=O) groups excluding carboxylic acids is 1. The zero-order chi connectivity index (χ0) is 16.1. The van der Waals surface area contributed by atoms with Gasteiger partial charge in [-0.25, -0.2) is 4.98 Å². The zero-order valence-electron chi connectivity index (χ0n) is 12.0. The highest BCUT2D eigenvalue weighted by molar-refractivity contribution is 14.1. The first-order valence-electron chi connectivity index (χ1n) is 6.36. The smallest absolute Gasteiger partial charge is 0.267 e. The molecule has 112 valence electrons. The maximum atomic E-state index is 12.1. The maximum Gasteiger partial charge on any atom is 0.267 e. The molecule has 0 spiro atoms. The van der Waals surface area contributed by atoms with Gasteiger partial charge in [-0.05, 0) is 60.2 Å². The van der Waals surface area contributed by atoms with Gasteiger partial charge in [0, 0.05) is 20.8 Å². The lowest BCUT2D eigenvalue weighted by Gasteiger charge is -2.08. The molecule has 0 aliphatic carbocycles. The highest BCUT2D eigenvalue weighted by atomic mass is 127. The summed E-state index contributed by atoms with van der Waals surface area (Å²) in [5.74, 6) is -0.451. The highest BCUT2D eigenvalue weighted by Gasteiger charge is 2.11. The summed E-state index contributed by atoms with van der Waals surface area (Å²) in [5.41, 5.74) is 2.52. The summed E-state index contributed by atoms with van der Waals surface area (Å²) in [4.78, 5) is 16.4. The molecule has 7 heteroatoms. The average Bonchev–Trinajstić information content (AvgIpc) is 2.88. The molecule has 0 fully saturated rings. The fraction of sp³-hybridized carbons (Fsp3) is 0.133. The summed E-state index contributed by atoms with van der Waals surface area (Å²) in [5, 5.41) is 17.3. The van der Waals surface area contributed by atoms with E-state index in [1.807, 2.05) is 43.5 Å². The fourth-order valence-electron chi connectivity index (χ4n) is 1.66. The van der Waals surface area contributed by atoms with E-state index < -0.39 is 5.91 Å². The van der Waals surface area contributed by atoms with Gasteiger partial charge in [-0.15, -0.1) is 11.3 Å². The van der Waals surface area contributed by atoms with Crippen molar-refractivity contribution in [2.24, 2.45) is 0 Å². The van der Waals surface area contributed by atoms with E-state index in [0.29, 0.717) is 10.8 Å². The number of nitrogens with one attached hydrogen (secondary N) is 2. The predicted octanol–water partition coefficient (Wildman–Crippen LogP) is 3.82. The Balaban J connectivity index is 2.10. The predicted molar refractivity (Wildman–Crippen MR) is 96.7 cm³/mol. The second-order valence-corrected chi connectivity index (χ2v) is 6.63. The van der Waals surface area contributed by atoms with Crippen LogP contribution >= 0.6 is 33.9 Å². The zero-order valence-corrected chi connectivity index (χ0v) is 14.9. The molecule has 0 saturated heterocycles. The molecule has 0 radical (unpaired) electrons. The fourth-order valence-corrected chi connectivity index (χ4v) is 2.97. The minimum atomic E-state index is -0.451. The number of hydrogen-bond acceptors (Lipinski definition) is 5. The van der Waals surface area contributed by atoms with Crippen molar-refractivity contribution < 1.29 is 4.79 Å². The Bertz CT molecular complexity index is 776. The molecule has 1 aromatic carbocycles. The van der Waals surface area contributed by atoms with Crippen LogP contribution in [0.5, 0.6) is 0 Å². The molecular weight excluding hydrogens is 411 g/mol. The molecule has 1 heterocycles. The van der Waals surface area contributed by atoms with E-state index >= 15 is 0 Å². The molecule has 0 saturated carbocycles. The Morgan fingerprint density at radius 2 is 2.23 bits per heavy atom. The summed E-state index contributed by atoms with van der Waals surface area (Å²) in [6.45, 7) is 3.78. The van der Waals surface area contributed by atoms with Crippen LogP contribution in [0.3, 0.4) is 0 Å². The number of hydrogen-bond donors (Lipinski definition) is 2. The molecule has 2 N–H and O–H groups in total. The van der Waals surface area contributed by atoms with Crippen molar-refractivity contribution in [3.8, 4) is 6.07 Å². The molecule has 0 unspecified atom stereocenters. The van der Waals surface area contributed by atoms with Crippen LogP contribution in [0.25, 0.3) is 0 Å². The van der Waals surface area contributed by atoms with E-state index in [9.17, 15) is 4.79 Å². The Kier molecular flexibility index (Phi) is 5.51. The van der Waals surface area contributed by atoms with Gasteiger partial charge in [0.1, 0.15) is 11.6 Å². The van der Waals surface area contributed by atoms with Crippen molar-refractivity contribution in [1.29, 1.82) is 5.26 Å². The van der Waals surface area contributed by atoms with E-state index in [-0.39, 0.29) is 5.57 Å². The standard InChI is InChI=1S/C15H13IN4OS/c1-9-5-12(16)3-4-13(9)20-14(21)11(6-17)7-18-15-19-10(2)8-22-15/h3-5,7-8H,1-2H3,(H,18,19)(H,20,21)/b11-7-. The second kappa shape index (κ2) is 7.38. The number of nitriles is 1. The van der Waals surface area contributed by atoms with Crippen molar-refractivity contribution in [3.63, 3.8) is 0 Å². The van der Waals surface area contributed by atoms with E-state index in [1.165, 1.54) is 17.5 Å². The van der Waals surface area contributed by atoms with E-state index in [2.05, 4.69) is 38.2 Å². The number of thiazole rings is 1. The number of nitrogens with zero attached hydrogens (tertiary/aromatic N) is 2. The summed E-state index contributed by atoms with van der Waals surface area (Å²) in [6.07, 6.45) is 1.37. The van der Waals surface area contributed by atoms with Crippen LogP contribution in [0.2, 0.25) is 0 Å². The molecule has 0 aliphatic heterocycles. The molecule has 0 aliphatic rings. The third kappa shape index (κ3) is 4.29. The van der Waals surface area contributed by atoms with Crippen molar-refractivity contribution in [3.05, 3.63) is 50.2 Å². The number of anilines is 2. The topological polar surface area (TPSA) is 77.8 Å². The minimum absolute atomic E-state index is 0.00852. The van der Waals surface area contributed by atoms with Gasteiger partial charge in [-0.1, -0.05) is 0 Å². The Labute approximate surface area is 146 Å². The van der Waals surface area contributed by atoms with Crippen LogP contribution in [0, 0.1) is 28.7 Å². The van der Waals surface area contributed by atoms with Gasteiger partial charge >= 0.3 is 0 Å². The number of aromatic nitrogens is 1. The normalized spacial score (nSPS) is 10.9. The van der Waals surface area contributed by atoms with Gasteiger partial charge in [0.25, 0.3) is 5.91 Å². The summed E-state index contributed by atoms with van der Waals surface area (Å²) in [6, 6.07) is 7.57. The summed E-state index contributed by atoms with van der Waals surface area (Å²) in [7, 11) is 0. The largest absolute Gasteiger partial charge is 0.337 e. The van der Waals surface area contributed by atoms with Crippen LogP contribution in [0.1, 0.15) is 11.3 Å². The molecule has 0 bridgehead atoms. The summed E-state index contributed by atoms with van der Waals surface area (Å²) < 4.78 is 1.09. The van der Waals surface area contributed by atoms with E-state index in [0.717, 1.165) is 14.8 Å². The molecule has 2 rings (SSSR count). The lowest BCUT2D eigenvalue weighted by Crippen LogP contribution is -2.15. The Morgan fingerprint density at radius 1 is 1.45 bits per heavy atom.